The van der Waals surface area contributed by atoms with Crippen LogP contribution in [-0.2, 0) is 16.0 Å². The molecule has 0 spiro atoms. The maximum absolute atomic E-state index is 13.4. The topological polar surface area (TPSA) is 62.5 Å². The Labute approximate surface area is 199 Å². The minimum absolute atomic E-state index is 0.320. The van der Waals surface area contributed by atoms with Crippen LogP contribution < -0.4 is 0 Å². The molecule has 0 N–H and O–H groups in total. The standard InChI is InChI=1S/C28H26N2O2S/c1-27(2,3)32-26(31)28(17-20-13-15-21(18-29)16-14-20)19-33-25(30-28)24-12-8-7-11-23(24)22-9-5-4-6-10-22/h4-16H,17,19H2,1-3H3/t28-/m1/s1. The lowest BCUT2D eigenvalue weighted by Gasteiger charge is -2.28. The minimum atomic E-state index is -1.02. The monoisotopic (exact) mass is 454 g/mol. The fourth-order valence-electron chi connectivity index (χ4n) is 3.80. The highest BCUT2D eigenvalue weighted by atomic mass is 32.2. The van der Waals surface area contributed by atoms with Gasteiger partial charge in [0.2, 0.25) is 0 Å². The minimum Gasteiger partial charge on any atom is -0.458 e. The summed E-state index contributed by atoms with van der Waals surface area (Å²) in [7, 11) is 0. The zero-order chi connectivity index (χ0) is 23.5. The average Bonchev–Trinajstić information content (AvgIpc) is 3.24. The third-order valence-corrected chi connectivity index (χ3v) is 6.57. The van der Waals surface area contributed by atoms with Crippen molar-refractivity contribution in [3.8, 4) is 17.2 Å². The van der Waals surface area contributed by atoms with E-state index < -0.39 is 11.1 Å². The number of rotatable bonds is 5. The second-order valence-corrected chi connectivity index (χ2v) is 10.1. The summed E-state index contributed by atoms with van der Waals surface area (Å²) in [5.74, 6) is 0.180. The Bertz CT molecular complexity index is 1220. The average molecular weight is 455 g/mol. The molecule has 4 rings (SSSR count). The summed E-state index contributed by atoms with van der Waals surface area (Å²) in [4.78, 5) is 18.5. The van der Waals surface area contributed by atoms with Crippen molar-refractivity contribution in [1.29, 1.82) is 5.26 Å². The van der Waals surface area contributed by atoms with Gasteiger partial charge in [-0.2, -0.15) is 5.26 Å². The van der Waals surface area contributed by atoms with Crippen molar-refractivity contribution in [3.05, 3.63) is 95.6 Å². The predicted octanol–water partition coefficient (Wildman–Crippen LogP) is 6.04. The summed E-state index contributed by atoms with van der Waals surface area (Å²) >= 11 is 1.59. The third-order valence-electron chi connectivity index (χ3n) is 5.36. The molecule has 166 valence electrons. The van der Waals surface area contributed by atoms with Gasteiger partial charge < -0.3 is 4.74 Å². The van der Waals surface area contributed by atoms with Gasteiger partial charge >= 0.3 is 5.97 Å². The van der Waals surface area contributed by atoms with Crippen LogP contribution >= 0.6 is 11.8 Å². The van der Waals surface area contributed by atoms with Crippen molar-refractivity contribution in [1.82, 2.24) is 0 Å². The van der Waals surface area contributed by atoms with Crippen LogP contribution in [0.1, 0.15) is 37.5 Å². The van der Waals surface area contributed by atoms with Crippen molar-refractivity contribution in [2.45, 2.75) is 38.3 Å². The Kier molecular flexibility index (Phi) is 6.40. The molecular formula is C28H26N2O2S. The SMILES string of the molecule is CC(C)(C)OC(=O)[C@@]1(Cc2ccc(C#N)cc2)CSC(c2ccccc2-c2ccccc2)=N1. The van der Waals surface area contributed by atoms with E-state index in [1.807, 2.05) is 63.2 Å². The number of carbonyl (C=O) groups is 1. The second-order valence-electron chi connectivity index (χ2n) is 9.14. The fraction of sp³-hybridized carbons (Fsp3) is 0.250. The van der Waals surface area contributed by atoms with E-state index in [0.29, 0.717) is 17.7 Å². The van der Waals surface area contributed by atoms with Crippen LogP contribution in [0, 0.1) is 11.3 Å². The molecule has 33 heavy (non-hydrogen) atoms. The number of aliphatic imine (C=N–C) groups is 1. The van der Waals surface area contributed by atoms with E-state index in [1.54, 1.807) is 23.9 Å². The van der Waals surface area contributed by atoms with Gasteiger partial charge in [-0.15, -0.1) is 11.8 Å². The number of ether oxygens (including phenoxy) is 1. The molecule has 0 fully saturated rings. The lowest BCUT2D eigenvalue weighted by atomic mass is 9.92. The van der Waals surface area contributed by atoms with Crippen LogP contribution in [0.2, 0.25) is 0 Å². The molecule has 0 saturated carbocycles. The Morgan fingerprint density at radius 3 is 2.27 bits per heavy atom. The fourth-order valence-corrected chi connectivity index (χ4v) is 5.03. The van der Waals surface area contributed by atoms with E-state index in [9.17, 15) is 4.79 Å². The number of esters is 1. The second kappa shape index (κ2) is 9.25. The number of thioether (sulfide) groups is 1. The lowest BCUT2D eigenvalue weighted by Crippen LogP contribution is -2.44. The van der Waals surface area contributed by atoms with Crippen LogP contribution in [-0.4, -0.2) is 27.9 Å². The summed E-state index contributed by atoms with van der Waals surface area (Å²) in [6.45, 7) is 5.62. The molecule has 3 aromatic rings. The molecule has 0 unspecified atom stereocenters. The summed E-state index contributed by atoms with van der Waals surface area (Å²) in [5, 5.41) is 9.95. The highest BCUT2D eigenvalue weighted by molar-refractivity contribution is 8.14. The van der Waals surface area contributed by atoms with Gasteiger partial charge in [-0.3, -0.25) is 4.99 Å². The molecule has 0 amide bonds. The molecule has 4 nitrogen and oxygen atoms in total. The van der Waals surface area contributed by atoms with Gasteiger partial charge in [-0.25, -0.2) is 4.79 Å². The highest BCUT2D eigenvalue weighted by Crippen LogP contribution is 2.38. The van der Waals surface area contributed by atoms with E-state index in [0.717, 1.165) is 27.3 Å². The van der Waals surface area contributed by atoms with Gasteiger partial charge in [0.15, 0.2) is 5.54 Å². The highest BCUT2D eigenvalue weighted by Gasteiger charge is 2.46. The molecule has 0 radical (unpaired) electrons. The number of hydrogen-bond donors (Lipinski definition) is 0. The quantitative estimate of drug-likeness (QED) is 0.441. The summed E-state index contributed by atoms with van der Waals surface area (Å²) < 4.78 is 5.83. The smallest absolute Gasteiger partial charge is 0.335 e. The molecular weight excluding hydrogens is 428 g/mol. The largest absolute Gasteiger partial charge is 0.458 e. The first-order chi connectivity index (χ1) is 15.8. The van der Waals surface area contributed by atoms with E-state index in [4.69, 9.17) is 15.0 Å². The summed E-state index contributed by atoms with van der Waals surface area (Å²) in [5.41, 5.74) is 3.11. The first-order valence-corrected chi connectivity index (χ1v) is 11.9. The Morgan fingerprint density at radius 1 is 1.00 bits per heavy atom. The van der Waals surface area contributed by atoms with Gasteiger partial charge in [0, 0.05) is 17.7 Å². The van der Waals surface area contributed by atoms with Crippen LogP contribution in [0.3, 0.4) is 0 Å². The van der Waals surface area contributed by atoms with Crippen molar-refractivity contribution in [2.24, 2.45) is 4.99 Å². The van der Waals surface area contributed by atoms with Crippen molar-refractivity contribution < 1.29 is 9.53 Å². The summed E-state index contributed by atoms with van der Waals surface area (Å²) in [6, 6.07) is 27.8. The Balaban J connectivity index is 1.75. The van der Waals surface area contributed by atoms with Crippen LogP contribution in [0.5, 0.6) is 0 Å². The molecule has 1 aliphatic heterocycles. The lowest BCUT2D eigenvalue weighted by molar-refractivity contribution is -0.160. The molecule has 0 bridgehead atoms. The van der Waals surface area contributed by atoms with Crippen LogP contribution in [0.4, 0.5) is 0 Å². The molecule has 0 aromatic heterocycles. The van der Waals surface area contributed by atoms with E-state index in [1.165, 1.54) is 0 Å². The zero-order valence-corrected chi connectivity index (χ0v) is 19.9. The van der Waals surface area contributed by atoms with E-state index in [-0.39, 0.29) is 5.97 Å². The predicted molar refractivity (Wildman–Crippen MR) is 134 cm³/mol. The summed E-state index contributed by atoms with van der Waals surface area (Å²) in [6.07, 6.45) is 0.414. The van der Waals surface area contributed by atoms with Crippen LogP contribution in [0.15, 0.2) is 83.9 Å². The number of carbonyl (C=O) groups excluding carboxylic acids is 1. The molecule has 1 heterocycles. The van der Waals surface area contributed by atoms with Gasteiger partial charge in [0.1, 0.15) is 5.60 Å². The van der Waals surface area contributed by atoms with Gasteiger partial charge in [0.25, 0.3) is 0 Å². The molecule has 0 saturated heterocycles. The van der Waals surface area contributed by atoms with Crippen LogP contribution in [0.25, 0.3) is 11.1 Å². The van der Waals surface area contributed by atoms with Crippen molar-refractivity contribution in [2.75, 3.05) is 5.75 Å². The maximum atomic E-state index is 13.4. The van der Waals surface area contributed by atoms with Gasteiger partial charge in [-0.05, 0) is 49.6 Å². The number of benzene rings is 3. The van der Waals surface area contributed by atoms with E-state index >= 15 is 0 Å². The van der Waals surface area contributed by atoms with Crippen molar-refractivity contribution >= 4 is 22.8 Å². The first-order valence-electron chi connectivity index (χ1n) is 10.9. The Hall–Kier alpha value is -3.36. The molecule has 5 heteroatoms. The Morgan fingerprint density at radius 2 is 1.64 bits per heavy atom. The first kappa shape index (κ1) is 22.8. The molecule has 1 atom stereocenters. The molecule has 0 aliphatic carbocycles. The maximum Gasteiger partial charge on any atom is 0.335 e. The van der Waals surface area contributed by atoms with E-state index in [2.05, 4.69) is 30.3 Å². The van der Waals surface area contributed by atoms with Gasteiger partial charge in [0.05, 0.1) is 16.7 Å². The third kappa shape index (κ3) is 5.18. The zero-order valence-electron chi connectivity index (χ0n) is 19.0. The number of nitriles is 1. The van der Waals surface area contributed by atoms with Gasteiger partial charge in [-0.1, -0.05) is 66.7 Å². The number of nitrogens with zero attached hydrogens (tertiary/aromatic N) is 2. The normalized spacial score (nSPS) is 17.8. The van der Waals surface area contributed by atoms with Crippen molar-refractivity contribution in [3.63, 3.8) is 0 Å². The molecule has 3 aromatic carbocycles. The number of hydrogen-bond acceptors (Lipinski definition) is 5. The molecule has 1 aliphatic rings.